The Kier molecular flexibility index (Phi) is 5.85. The Morgan fingerprint density at radius 3 is 2.63 bits per heavy atom. The summed E-state index contributed by atoms with van der Waals surface area (Å²) in [6, 6.07) is 7.26. The van der Waals surface area contributed by atoms with Gasteiger partial charge in [0.25, 0.3) is 0 Å². The standard InChI is InChI=1S/C17H20BrN3O5S/c18-13-3-1-2-4-14(13)21-9-12(8-16(21)23)17(24)20-19-15(22)7-11-5-6-27(25,26)10-11/h1-4,11-12H,5-10H2,(H,19,22)(H,20,24). The molecule has 8 nitrogen and oxygen atoms in total. The van der Waals surface area contributed by atoms with E-state index in [4.69, 9.17) is 0 Å². The smallest absolute Gasteiger partial charge is 0.243 e. The van der Waals surface area contributed by atoms with Gasteiger partial charge < -0.3 is 4.90 Å². The molecule has 2 saturated heterocycles. The summed E-state index contributed by atoms with van der Waals surface area (Å²) in [6.07, 6.45) is 0.567. The number of carbonyl (C=O) groups is 3. The highest BCUT2D eigenvalue weighted by molar-refractivity contribution is 9.10. The Morgan fingerprint density at radius 2 is 1.96 bits per heavy atom. The number of nitrogens with one attached hydrogen (secondary N) is 2. The van der Waals surface area contributed by atoms with Gasteiger partial charge in [-0.25, -0.2) is 8.42 Å². The van der Waals surface area contributed by atoms with Crippen LogP contribution in [0.15, 0.2) is 28.7 Å². The molecule has 0 aromatic heterocycles. The van der Waals surface area contributed by atoms with Crippen molar-refractivity contribution in [2.24, 2.45) is 11.8 Å². The zero-order chi connectivity index (χ0) is 19.6. The molecule has 2 aliphatic rings. The Hall–Kier alpha value is -1.94. The van der Waals surface area contributed by atoms with Gasteiger partial charge in [-0.1, -0.05) is 12.1 Å². The third-order valence-electron chi connectivity index (χ3n) is 4.77. The molecule has 2 N–H and O–H groups in total. The van der Waals surface area contributed by atoms with E-state index in [1.807, 2.05) is 18.2 Å². The number of carbonyl (C=O) groups excluding carboxylic acids is 3. The second kappa shape index (κ2) is 7.97. The van der Waals surface area contributed by atoms with Crippen molar-refractivity contribution in [2.45, 2.75) is 19.3 Å². The van der Waals surface area contributed by atoms with Crippen LogP contribution in [0.4, 0.5) is 5.69 Å². The van der Waals surface area contributed by atoms with Crippen LogP contribution >= 0.6 is 15.9 Å². The summed E-state index contributed by atoms with van der Waals surface area (Å²) in [5.74, 6) is -1.71. The summed E-state index contributed by atoms with van der Waals surface area (Å²) in [7, 11) is -3.04. The Morgan fingerprint density at radius 1 is 1.22 bits per heavy atom. The summed E-state index contributed by atoms with van der Waals surface area (Å²) >= 11 is 3.40. The third kappa shape index (κ3) is 4.86. The molecule has 2 aliphatic heterocycles. The normalized spacial score (nSPS) is 24.0. The quantitative estimate of drug-likeness (QED) is 0.648. The average Bonchev–Trinajstić information content (AvgIpc) is 3.15. The molecule has 27 heavy (non-hydrogen) atoms. The first-order valence-electron chi connectivity index (χ1n) is 8.59. The fraction of sp³-hybridized carbons (Fsp3) is 0.471. The number of hydrogen-bond donors (Lipinski definition) is 2. The van der Waals surface area contributed by atoms with Crippen molar-refractivity contribution in [1.29, 1.82) is 0 Å². The van der Waals surface area contributed by atoms with Gasteiger partial charge in [0.05, 0.1) is 23.1 Å². The zero-order valence-corrected chi connectivity index (χ0v) is 16.9. The monoisotopic (exact) mass is 457 g/mol. The van der Waals surface area contributed by atoms with E-state index in [1.165, 1.54) is 0 Å². The molecule has 1 aromatic carbocycles. The van der Waals surface area contributed by atoms with Gasteiger partial charge in [0.15, 0.2) is 9.84 Å². The van der Waals surface area contributed by atoms with E-state index in [9.17, 15) is 22.8 Å². The number of benzene rings is 1. The number of halogens is 1. The van der Waals surface area contributed by atoms with Gasteiger partial charge in [0.1, 0.15) is 0 Å². The van der Waals surface area contributed by atoms with Crippen molar-refractivity contribution in [1.82, 2.24) is 10.9 Å². The molecule has 2 fully saturated rings. The molecule has 1 aromatic rings. The van der Waals surface area contributed by atoms with Crippen LogP contribution < -0.4 is 15.8 Å². The van der Waals surface area contributed by atoms with Gasteiger partial charge in [-0.2, -0.15) is 0 Å². The van der Waals surface area contributed by atoms with Gasteiger partial charge in [0.2, 0.25) is 17.7 Å². The number of rotatable bonds is 4. The first kappa shape index (κ1) is 19.8. The molecule has 0 spiro atoms. The topological polar surface area (TPSA) is 113 Å². The second-order valence-electron chi connectivity index (χ2n) is 6.87. The van der Waals surface area contributed by atoms with E-state index in [-0.39, 0.29) is 42.7 Å². The van der Waals surface area contributed by atoms with Gasteiger partial charge >= 0.3 is 0 Å². The first-order chi connectivity index (χ1) is 12.7. The van der Waals surface area contributed by atoms with Crippen molar-refractivity contribution >= 4 is 49.2 Å². The number of amides is 3. The predicted octanol–water partition coefficient (Wildman–Crippen LogP) is 0.774. The Balaban J connectivity index is 1.50. The molecule has 10 heteroatoms. The average molecular weight is 458 g/mol. The molecular formula is C17H20BrN3O5S. The molecular weight excluding hydrogens is 438 g/mol. The summed E-state index contributed by atoms with van der Waals surface area (Å²) in [5, 5.41) is 0. The van der Waals surface area contributed by atoms with Crippen LogP contribution in [0.5, 0.6) is 0 Å². The van der Waals surface area contributed by atoms with Crippen LogP contribution in [-0.4, -0.2) is 44.2 Å². The Labute approximate surface area is 165 Å². The fourth-order valence-corrected chi connectivity index (χ4v) is 5.73. The number of hydrogen-bond acceptors (Lipinski definition) is 5. The van der Waals surface area contributed by atoms with Gasteiger partial charge in [-0.05, 0) is 40.4 Å². The van der Waals surface area contributed by atoms with Gasteiger partial charge in [0, 0.05) is 23.9 Å². The van der Waals surface area contributed by atoms with Crippen molar-refractivity contribution < 1.29 is 22.8 Å². The second-order valence-corrected chi connectivity index (χ2v) is 9.95. The predicted molar refractivity (Wildman–Crippen MR) is 102 cm³/mol. The van der Waals surface area contributed by atoms with Crippen molar-refractivity contribution in [2.75, 3.05) is 23.0 Å². The molecule has 3 rings (SSSR count). The third-order valence-corrected chi connectivity index (χ3v) is 7.27. The lowest BCUT2D eigenvalue weighted by Crippen LogP contribution is -2.45. The minimum atomic E-state index is -3.04. The summed E-state index contributed by atoms with van der Waals surface area (Å²) < 4.78 is 23.6. The number of nitrogens with zero attached hydrogens (tertiary/aromatic N) is 1. The molecule has 0 saturated carbocycles. The highest BCUT2D eigenvalue weighted by atomic mass is 79.9. The van der Waals surface area contributed by atoms with E-state index >= 15 is 0 Å². The highest BCUT2D eigenvalue weighted by Gasteiger charge is 2.36. The van der Waals surface area contributed by atoms with E-state index in [1.54, 1.807) is 11.0 Å². The lowest BCUT2D eigenvalue weighted by Gasteiger charge is -2.18. The van der Waals surface area contributed by atoms with E-state index in [2.05, 4.69) is 26.8 Å². The fourth-order valence-electron chi connectivity index (χ4n) is 3.37. The first-order valence-corrected chi connectivity index (χ1v) is 11.2. The van der Waals surface area contributed by atoms with Crippen molar-refractivity contribution in [3.05, 3.63) is 28.7 Å². The van der Waals surface area contributed by atoms with Crippen LogP contribution in [-0.2, 0) is 24.2 Å². The molecule has 3 amide bonds. The SMILES string of the molecule is O=C(CC1CCS(=O)(=O)C1)NNC(=O)C1CC(=O)N(c2ccccc2Br)C1. The molecule has 2 heterocycles. The maximum absolute atomic E-state index is 12.3. The van der Waals surface area contributed by atoms with Crippen molar-refractivity contribution in [3.63, 3.8) is 0 Å². The number of sulfone groups is 1. The van der Waals surface area contributed by atoms with E-state index in [0.717, 1.165) is 4.47 Å². The number of anilines is 1. The maximum atomic E-state index is 12.3. The largest absolute Gasteiger partial charge is 0.310 e. The lowest BCUT2D eigenvalue weighted by atomic mass is 10.1. The molecule has 0 aliphatic carbocycles. The zero-order valence-electron chi connectivity index (χ0n) is 14.5. The summed E-state index contributed by atoms with van der Waals surface area (Å²) in [6.45, 7) is 0.226. The van der Waals surface area contributed by atoms with Gasteiger partial charge in [-0.15, -0.1) is 0 Å². The molecule has 0 bridgehead atoms. The van der Waals surface area contributed by atoms with Crippen LogP contribution in [0, 0.1) is 11.8 Å². The molecule has 146 valence electrons. The minimum absolute atomic E-state index is 0.00636. The van der Waals surface area contributed by atoms with Crippen LogP contribution in [0.25, 0.3) is 0 Å². The number of hydrazine groups is 1. The van der Waals surface area contributed by atoms with Crippen LogP contribution in [0.1, 0.15) is 19.3 Å². The van der Waals surface area contributed by atoms with E-state index < -0.39 is 27.6 Å². The number of para-hydroxylation sites is 1. The van der Waals surface area contributed by atoms with E-state index in [0.29, 0.717) is 12.1 Å². The summed E-state index contributed by atoms with van der Waals surface area (Å²) in [4.78, 5) is 38.0. The Bertz CT molecular complexity index is 873. The molecule has 2 atom stereocenters. The minimum Gasteiger partial charge on any atom is -0.310 e. The van der Waals surface area contributed by atoms with Gasteiger partial charge in [-0.3, -0.25) is 25.2 Å². The van der Waals surface area contributed by atoms with Crippen LogP contribution in [0.3, 0.4) is 0 Å². The summed E-state index contributed by atoms with van der Waals surface area (Å²) in [5.41, 5.74) is 5.37. The highest BCUT2D eigenvalue weighted by Crippen LogP contribution is 2.31. The lowest BCUT2D eigenvalue weighted by molar-refractivity contribution is -0.131. The van der Waals surface area contributed by atoms with Crippen molar-refractivity contribution in [3.8, 4) is 0 Å². The maximum Gasteiger partial charge on any atom is 0.243 e. The van der Waals surface area contributed by atoms with Crippen LogP contribution in [0.2, 0.25) is 0 Å². The molecule has 2 unspecified atom stereocenters. The molecule has 0 radical (unpaired) electrons.